The first-order valence-electron chi connectivity index (χ1n) is 6.35. The number of rotatable bonds is 5. The summed E-state index contributed by atoms with van der Waals surface area (Å²) in [5, 5.41) is 9.30. The Bertz CT molecular complexity index is 770. The molecule has 0 amide bonds. The topological polar surface area (TPSA) is 74.7 Å². The lowest BCUT2D eigenvalue weighted by Gasteiger charge is -2.17. The first-order valence-corrected chi connectivity index (χ1v) is 8.16. The molecule has 0 heterocycles. The van der Waals surface area contributed by atoms with Crippen molar-refractivity contribution >= 4 is 27.6 Å². The van der Waals surface area contributed by atoms with Crippen molar-refractivity contribution < 1.29 is 18.3 Å². The van der Waals surface area contributed by atoms with Gasteiger partial charge in [-0.3, -0.25) is 0 Å². The van der Waals surface area contributed by atoms with E-state index in [1.54, 1.807) is 12.1 Å². The minimum atomic E-state index is -3.62. The summed E-state index contributed by atoms with van der Waals surface area (Å²) in [6, 6.07) is 12.0. The van der Waals surface area contributed by atoms with Gasteiger partial charge in [-0.1, -0.05) is 23.7 Å². The molecule has 0 fully saturated rings. The van der Waals surface area contributed by atoms with Gasteiger partial charge in [0.2, 0.25) is 10.0 Å². The molecule has 0 saturated carbocycles. The number of halogens is 1. The third-order valence-electron chi connectivity index (χ3n) is 3.13. The highest BCUT2D eigenvalue weighted by Crippen LogP contribution is 2.19. The van der Waals surface area contributed by atoms with Crippen molar-refractivity contribution in [3.63, 3.8) is 0 Å². The molecule has 0 aliphatic heterocycles. The predicted octanol–water partition coefficient (Wildman–Crippen LogP) is 2.86. The van der Waals surface area contributed by atoms with Gasteiger partial charge in [0.05, 0.1) is 10.5 Å². The van der Waals surface area contributed by atoms with Crippen LogP contribution in [0.1, 0.15) is 15.9 Å². The monoisotopic (exact) mass is 339 g/mol. The van der Waals surface area contributed by atoms with Gasteiger partial charge in [0.15, 0.2) is 0 Å². The lowest BCUT2D eigenvalue weighted by atomic mass is 10.1. The Labute approximate surface area is 133 Å². The molecule has 0 spiro atoms. The summed E-state index contributed by atoms with van der Waals surface area (Å²) in [6.45, 7) is 0.144. The standard InChI is InChI=1S/C15H14ClNO4S/c1-17(10-11-2-4-12(5-3-11)15(18)19)22(20,21)14-8-6-13(16)7-9-14/h2-9H,10H2,1H3,(H,18,19). The molecule has 5 nitrogen and oxygen atoms in total. The molecule has 0 radical (unpaired) electrons. The molecule has 0 aromatic heterocycles. The summed E-state index contributed by atoms with van der Waals surface area (Å²) < 4.78 is 26.0. The van der Waals surface area contributed by atoms with Gasteiger partial charge in [0.25, 0.3) is 0 Å². The van der Waals surface area contributed by atoms with E-state index in [2.05, 4.69) is 0 Å². The number of benzene rings is 2. The maximum absolute atomic E-state index is 12.4. The Kier molecular flexibility index (Phi) is 4.85. The smallest absolute Gasteiger partial charge is 0.335 e. The summed E-state index contributed by atoms with van der Waals surface area (Å²) in [7, 11) is -2.15. The van der Waals surface area contributed by atoms with E-state index in [0.717, 1.165) is 0 Å². The maximum Gasteiger partial charge on any atom is 0.335 e. The third kappa shape index (κ3) is 3.65. The molecule has 2 aromatic carbocycles. The van der Waals surface area contributed by atoms with Crippen LogP contribution in [-0.4, -0.2) is 30.8 Å². The van der Waals surface area contributed by atoms with Crippen LogP contribution < -0.4 is 0 Å². The third-order valence-corrected chi connectivity index (χ3v) is 5.20. The molecule has 0 bridgehead atoms. The van der Waals surface area contributed by atoms with Gasteiger partial charge in [-0.05, 0) is 42.0 Å². The first kappa shape index (κ1) is 16.5. The van der Waals surface area contributed by atoms with Gasteiger partial charge >= 0.3 is 5.97 Å². The number of aromatic carboxylic acids is 1. The lowest BCUT2D eigenvalue weighted by Crippen LogP contribution is -2.26. The van der Waals surface area contributed by atoms with Gasteiger partial charge < -0.3 is 5.11 Å². The summed E-state index contributed by atoms with van der Waals surface area (Å²) in [5.74, 6) is -1.02. The van der Waals surface area contributed by atoms with Crippen molar-refractivity contribution in [2.75, 3.05) is 7.05 Å². The van der Waals surface area contributed by atoms with Gasteiger partial charge in [-0.25, -0.2) is 13.2 Å². The fourth-order valence-electron chi connectivity index (χ4n) is 1.88. The number of hydrogen-bond donors (Lipinski definition) is 1. The number of carbonyl (C=O) groups is 1. The van der Waals surface area contributed by atoms with Crippen molar-refractivity contribution in [1.29, 1.82) is 0 Å². The highest BCUT2D eigenvalue weighted by molar-refractivity contribution is 7.89. The van der Waals surface area contributed by atoms with E-state index in [9.17, 15) is 13.2 Å². The second-order valence-corrected chi connectivity index (χ2v) is 7.20. The van der Waals surface area contributed by atoms with Crippen LogP contribution in [0.25, 0.3) is 0 Å². The zero-order chi connectivity index (χ0) is 16.3. The van der Waals surface area contributed by atoms with Crippen LogP contribution in [-0.2, 0) is 16.6 Å². The van der Waals surface area contributed by atoms with E-state index < -0.39 is 16.0 Å². The first-order chi connectivity index (χ1) is 10.3. The minimum Gasteiger partial charge on any atom is -0.478 e. The SMILES string of the molecule is CN(Cc1ccc(C(=O)O)cc1)S(=O)(=O)c1ccc(Cl)cc1. The average molecular weight is 340 g/mol. The fraction of sp³-hybridized carbons (Fsp3) is 0.133. The summed E-state index contributed by atoms with van der Waals surface area (Å²) in [4.78, 5) is 10.9. The van der Waals surface area contributed by atoms with Crippen LogP contribution in [0.5, 0.6) is 0 Å². The quantitative estimate of drug-likeness (QED) is 0.909. The Morgan fingerprint density at radius 3 is 2.14 bits per heavy atom. The Morgan fingerprint density at radius 2 is 1.64 bits per heavy atom. The summed E-state index contributed by atoms with van der Waals surface area (Å²) in [5.41, 5.74) is 0.858. The molecule has 0 aliphatic carbocycles. The number of nitrogens with zero attached hydrogens (tertiary/aromatic N) is 1. The molecule has 0 aliphatic rings. The Hall–Kier alpha value is -1.89. The molecule has 2 rings (SSSR count). The number of carboxylic acids is 1. The summed E-state index contributed by atoms with van der Waals surface area (Å²) in [6.07, 6.45) is 0. The van der Waals surface area contributed by atoms with E-state index in [1.807, 2.05) is 0 Å². The van der Waals surface area contributed by atoms with Crippen molar-refractivity contribution in [1.82, 2.24) is 4.31 Å². The Balaban J connectivity index is 2.18. The van der Waals surface area contributed by atoms with Crippen molar-refractivity contribution in [3.8, 4) is 0 Å². The fourth-order valence-corrected chi connectivity index (χ4v) is 3.17. The molecule has 2 aromatic rings. The van der Waals surface area contributed by atoms with Crippen LogP contribution in [0.3, 0.4) is 0 Å². The molecule has 22 heavy (non-hydrogen) atoms. The van der Waals surface area contributed by atoms with Crippen molar-refractivity contribution in [2.24, 2.45) is 0 Å². The second-order valence-electron chi connectivity index (χ2n) is 4.72. The van der Waals surface area contributed by atoms with Crippen molar-refractivity contribution in [2.45, 2.75) is 11.4 Å². The minimum absolute atomic E-state index is 0.144. The molecule has 0 unspecified atom stereocenters. The zero-order valence-corrected chi connectivity index (χ0v) is 13.3. The number of carboxylic acid groups (broad SMARTS) is 1. The van der Waals surface area contributed by atoms with E-state index in [-0.39, 0.29) is 17.0 Å². The highest BCUT2D eigenvalue weighted by atomic mass is 35.5. The van der Waals surface area contributed by atoms with Crippen LogP contribution in [0.15, 0.2) is 53.4 Å². The van der Waals surface area contributed by atoms with E-state index in [0.29, 0.717) is 10.6 Å². The molecular weight excluding hydrogens is 326 g/mol. The van der Waals surface area contributed by atoms with Gasteiger partial charge in [-0.2, -0.15) is 4.31 Å². The lowest BCUT2D eigenvalue weighted by molar-refractivity contribution is 0.0697. The highest BCUT2D eigenvalue weighted by Gasteiger charge is 2.20. The molecule has 116 valence electrons. The van der Waals surface area contributed by atoms with Crippen LogP contribution in [0.2, 0.25) is 5.02 Å². The summed E-state index contributed by atoms with van der Waals surface area (Å²) >= 11 is 5.76. The van der Waals surface area contributed by atoms with Crippen LogP contribution in [0.4, 0.5) is 0 Å². The number of sulfonamides is 1. The second kappa shape index (κ2) is 6.48. The van der Waals surface area contributed by atoms with E-state index in [4.69, 9.17) is 16.7 Å². The zero-order valence-electron chi connectivity index (χ0n) is 11.7. The van der Waals surface area contributed by atoms with E-state index in [1.165, 1.54) is 47.8 Å². The van der Waals surface area contributed by atoms with Gasteiger partial charge in [0.1, 0.15) is 0 Å². The normalized spacial score (nSPS) is 11.6. The van der Waals surface area contributed by atoms with Crippen LogP contribution in [0, 0.1) is 0 Å². The van der Waals surface area contributed by atoms with Crippen molar-refractivity contribution in [3.05, 3.63) is 64.7 Å². The molecule has 0 atom stereocenters. The largest absolute Gasteiger partial charge is 0.478 e. The van der Waals surface area contributed by atoms with Crippen LogP contribution >= 0.6 is 11.6 Å². The predicted molar refractivity (Wildman–Crippen MR) is 83.5 cm³/mol. The average Bonchev–Trinajstić information content (AvgIpc) is 2.48. The van der Waals surface area contributed by atoms with E-state index >= 15 is 0 Å². The molecule has 1 N–H and O–H groups in total. The molecule has 0 saturated heterocycles. The van der Waals surface area contributed by atoms with Gasteiger partial charge in [-0.15, -0.1) is 0 Å². The number of hydrogen-bond acceptors (Lipinski definition) is 3. The van der Waals surface area contributed by atoms with Gasteiger partial charge in [0, 0.05) is 18.6 Å². The molecule has 7 heteroatoms. The Morgan fingerprint density at radius 1 is 1.09 bits per heavy atom. The molecular formula is C15H14ClNO4S. The maximum atomic E-state index is 12.4.